The van der Waals surface area contributed by atoms with E-state index in [1.54, 1.807) is 13.3 Å². The second kappa shape index (κ2) is 4.72. The minimum absolute atomic E-state index is 0.333. The Morgan fingerprint density at radius 1 is 1.05 bits per heavy atom. The standard InChI is InChI=1S/C16H20BNO3/c1-15(2)16(3,4)21-17(20-15)12-7-6-11-8-13(19-5)10-18-14(11)9-12/h6-10H,1-5H3. The number of nitrogens with zero attached hydrogens (tertiary/aromatic N) is 1. The van der Waals surface area contributed by atoms with Gasteiger partial charge in [-0.25, -0.2) is 0 Å². The Labute approximate surface area is 125 Å². The zero-order valence-corrected chi connectivity index (χ0v) is 13.1. The number of hydrogen-bond donors (Lipinski definition) is 0. The van der Waals surface area contributed by atoms with E-state index in [4.69, 9.17) is 14.0 Å². The largest absolute Gasteiger partial charge is 0.495 e. The van der Waals surface area contributed by atoms with Gasteiger partial charge in [-0.15, -0.1) is 0 Å². The molecule has 0 radical (unpaired) electrons. The van der Waals surface area contributed by atoms with Crippen LogP contribution in [0.4, 0.5) is 0 Å². The highest BCUT2D eigenvalue weighted by atomic mass is 16.7. The van der Waals surface area contributed by atoms with Gasteiger partial charge < -0.3 is 14.0 Å². The molecule has 1 aromatic carbocycles. The molecule has 1 aliphatic rings. The zero-order chi connectivity index (χ0) is 15.3. The summed E-state index contributed by atoms with van der Waals surface area (Å²) in [6, 6.07) is 8.02. The van der Waals surface area contributed by atoms with Gasteiger partial charge in [-0.05, 0) is 45.3 Å². The lowest BCUT2D eigenvalue weighted by Crippen LogP contribution is -2.41. The number of benzene rings is 1. The van der Waals surface area contributed by atoms with E-state index >= 15 is 0 Å². The highest BCUT2D eigenvalue weighted by molar-refractivity contribution is 6.62. The Balaban J connectivity index is 1.96. The van der Waals surface area contributed by atoms with E-state index in [0.29, 0.717) is 0 Å². The fourth-order valence-electron chi connectivity index (χ4n) is 2.36. The van der Waals surface area contributed by atoms with Crippen molar-refractivity contribution < 1.29 is 14.0 Å². The number of methoxy groups -OCH3 is 1. The average Bonchev–Trinajstić information content (AvgIpc) is 2.66. The molecule has 0 unspecified atom stereocenters. The van der Waals surface area contributed by atoms with E-state index in [2.05, 4.69) is 32.7 Å². The molecule has 5 heteroatoms. The zero-order valence-electron chi connectivity index (χ0n) is 13.1. The highest BCUT2D eigenvalue weighted by Crippen LogP contribution is 2.36. The lowest BCUT2D eigenvalue weighted by atomic mass is 9.79. The van der Waals surface area contributed by atoms with E-state index < -0.39 is 0 Å². The van der Waals surface area contributed by atoms with Crippen molar-refractivity contribution in [2.24, 2.45) is 0 Å². The van der Waals surface area contributed by atoms with Gasteiger partial charge in [0.2, 0.25) is 0 Å². The second-order valence-corrected chi connectivity index (χ2v) is 6.42. The van der Waals surface area contributed by atoms with Crippen LogP contribution in [0.15, 0.2) is 30.5 Å². The van der Waals surface area contributed by atoms with Crippen LogP contribution in [0.3, 0.4) is 0 Å². The van der Waals surface area contributed by atoms with Crippen LogP contribution in [-0.4, -0.2) is 30.4 Å². The van der Waals surface area contributed by atoms with Gasteiger partial charge in [0.1, 0.15) is 5.75 Å². The molecule has 3 rings (SSSR count). The van der Waals surface area contributed by atoms with Crippen molar-refractivity contribution in [1.29, 1.82) is 0 Å². The molecule has 4 nitrogen and oxygen atoms in total. The molecule has 21 heavy (non-hydrogen) atoms. The van der Waals surface area contributed by atoms with E-state index in [9.17, 15) is 0 Å². The van der Waals surface area contributed by atoms with E-state index in [1.165, 1.54) is 0 Å². The molecule has 0 amide bonds. The predicted octanol–water partition coefficient (Wildman–Crippen LogP) is 2.54. The first-order valence-electron chi connectivity index (χ1n) is 7.12. The van der Waals surface area contributed by atoms with Crippen LogP contribution in [0, 0.1) is 0 Å². The summed E-state index contributed by atoms with van der Waals surface area (Å²) < 4.78 is 17.3. The van der Waals surface area contributed by atoms with Crippen LogP contribution in [0.25, 0.3) is 10.9 Å². The average molecular weight is 285 g/mol. The molecule has 1 aromatic heterocycles. The first kappa shape index (κ1) is 14.4. The summed E-state index contributed by atoms with van der Waals surface area (Å²) in [6.45, 7) is 8.21. The van der Waals surface area contributed by atoms with E-state index in [0.717, 1.165) is 22.1 Å². The quantitative estimate of drug-likeness (QED) is 0.795. The van der Waals surface area contributed by atoms with E-state index in [1.807, 2.05) is 24.3 Å². The Morgan fingerprint density at radius 2 is 1.71 bits per heavy atom. The molecule has 0 aliphatic carbocycles. The van der Waals surface area contributed by atoms with Gasteiger partial charge in [0.05, 0.1) is 30.0 Å². The number of rotatable bonds is 2. The molecule has 2 aromatic rings. The van der Waals surface area contributed by atoms with Gasteiger partial charge in [-0.3, -0.25) is 4.98 Å². The predicted molar refractivity (Wildman–Crippen MR) is 84.0 cm³/mol. The maximum Gasteiger partial charge on any atom is 0.494 e. The van der Waals surface area contributed by atoms with Crippen LogP contribution in [0.1, 0.15) is 27.7 Å². The summed E-state index contributed by atoms with van der Waals surface area (Å²) >= 11 is 0. The number of hydrogen-bond acceptors (Lipinski definition) is 4. The number of pyridine rings is 1. The molecule has 1 aliphatic heterocycles. The maximum atomic E-state index is 6.07. The normalized spacial score (nSPS) is 20.0. The summed E-state index contributed by atoms with van der Waals surface area (Å²) in [5.41, 5.74) is 1.22. The fraction of sp³-hybridized carbons (Fsp3) is 0.438. The van der Waals surface area contributed by atoms with E-state index in [-0.39, 0.29) is 18.3 Å². The van der Waals surface area contributed by atoms with Gasteiger partial charge in [0.25, 0.3) is 0 Å². The second-order valence-electron chi connectivity index (χ2n) is 6.42. The first-order valence-corrected chi connectivity index (χ1v) is 7.12. The molecule has 0 N–H and O–H groups in total. The Hall–Kier alpha value is -1.59. The minimum atomic E-state index is -0.358. The third-order valence-corrected chi connectivity index (χ3v) is 4.44. The third-order valence-electron chi connectivity index (χ3n) is 4.44. The molecule has 0 saturated carbocycles. The molecule has 0 spiro atoms. The number of ether oxygens (including phenoxy) is 1. The Bertz CT molecular complexity index is 668. The van der Waals surface area contributed by atoms with Crippen molar-refractivity contribution >= 4 is 23.5 Å². The van der Waals surface area contributed by atoms with Crippen LogP contribution in [0.2, 0.25) is 0 Å². The molecule has 0 bridgehead atoms. The summed E-state index contributed by atoms with van der Waals surface area (Å²) in [5.74, 6) is 0.755. The molecule has 1 saturated heterocycles. The van der Waals surface area contributed by atoms with Crippen molar-refractivity contribution in [2.45, 2.75) is 38.9 Å². The van der Waals surface area contributed by atoms with Gasteiger partial charge in [-0.2, -0.15) is 0 Å². The summed E-state index contributed by atoms with van der Waals surface area (Å²) in [7, 11) is 1.28. The van der Waals surface area contributed by atoms with Gasteiger partial charge in [-0.1, -0.05) is 12.1 Å². The third kappa shape index (κ3) is 2.41. The maximum absolute atomic E-state index is 6.07. The van der Waals surface area contributed by atoms with Gasteiger partial charge >= 0.3 is 7.12 Å². The van der Waals surface area contributed by atoms with Crippen molar-refractivity contribution in [3.05, 3.63) is 30.5 Å². The smallest absolute Gasteiger partial charge is 0.494 e. The lowest BCUT2D eigenvalue weighted by Gasteiger charge is -2.32. The van der Waals surface area contributed by atoms with Crippen LogP contribution in [0.5, 0.6) is 5.75 Å². The fourth-order valence-corrected chi connectivity index (χ4v) is 2.36. The van der Waals surface area contributed by atoms with Crippen molar-refractivity contribution in [3.63, 3.8) is 0 Å². The monoisotopic (exact) mass is 285 g/mol. The van der Waals surface area contributed by atoms with Gasteiger partial charge in [0, 0.05) is 5.39 Å². The molecular formula is C16H20BNO3. The summed E-state index contributed by atoms with van der Waals surface area (Å²) in [4.78, 5) is 4.42. The lowest BCUT2D eigenvalue weighted by molar-refractivity contribution is 0.00578. The minimum Gasteiger partial charge on any atom is -0.495 e. The van der Waals surface area contributed by atoms with Crippen molar-refractivity contribution in [3.8, 4) is 5.75 Å². The first-order chi connectivity index (χ1) is 9.82. The van der Waals surface area contributed by atoms with Crippen molar-refractivity contribution in [1.82, 2.24) is 4.98 Å². The summed E-state index contributed by atoms with van der Waals surface area (Å²) in [5, 5.41) is 1.04. The molecule has 0 atom stereocenters. The molecule has 2 heterocycles. The molecule has 1 fully saturated rings. The highest BCUT2D eigenvalue weighted by Gasteiger charge is 2.51. The van der Waals surface area contributed by atoms with Crippen LogP contribution >= 0.6 is 0 Å². The Morgan fingerprint density at radius 3 is 2.33 bits per heavy atom. The number of aromatic nitrogens is 1. The summed E-state index contributed by atoms with van der Waals surface area (Å²) in [6.07, 6.45) is 1.72. The SMILES string of the molecule is COc1cnc2cc(B3OC(C)(C)C(C)(C)O3)ccc2c1. The van der Waals surface area contributed by atoms with Crippen molar-refractivity contribution in [2.75, 3.05) is 7.11 Å². The van der Waals surface area contributed by atoms with Crippen LogP contribution in [-0.2, 0) is 9.31 Å². The number of fused-ring (bicyclic) bond motifs is 1. The van der Waals surface area contributed by atoms with Crippen LogP contribution < -0.4 is 10.2 Å². The molecule has 110 valence electrons. The topological polar surface area (TPSA) is 40.6 Å². The molecular weight excluding hydrogens is 265 g/mol. The Kier molecular flexibility index (Phi) is 3.22. The van der Waals surface area contributed by atoms with Gasteiger partial charge in [0.15, 0.2) is 0 Å².